The summed E-state index contributed by atoms with van der Waals surface area (Å²) >= 11 is 1.83. The fourth-order valence-electron chi connectivity index (χ4n) is 1.77. The van der Waals surface area contributed by atoms with Crippen LogP contribution in [0, 0.1) is 0 Å². The Balaban J connectivity index is 2.12. The molecule has 2 aromatic rings. The van der Waals surface area contributed by atoms with E-state index < -0.39 is 0 Å². The van der Waals surface area contributed by atoms with Crippen molar-refractivity contribution in [2.45, 2.75) is 26.5 Å². The molecule has 2 nitrogen and oxygen atoms in total. The zero-order valence-electron chi connectivity index (χ0n) is 11.1. The quantitative estimate of drug-likeness (QED) is 0.880. The minimum atomic E-state index is 0.222. The Morgan fingerprint density at radius 3 is 2.44 bits per heavy atom. The van der Waals surface area contributed by atoms with E-state index in [9.17, 15) is 0 Å². The average molecular weight is 261 g/mol. The van der Waals surface area contributed by atoms with Crippen LogP contribution in [-0.2, 0) is 6.54 Å². The molecular weight excluding hydrogens is 242 g/mol. The summed E-state index contributed by atoms with van der Waals surface area (Å²) in [6.07, 6.45) is 0.222. The molecule has 0 bridgehead atoms. The molecule has 0 spiro atoms. The Morgan fingerprint density at radius 1 is 1.11 bits per heavy atom. The molecule has 96 valence electrons. The Bertz CT molecular complexity index is 487. The second-order valence-electron chi connectivity index (χ2n) is 4.49. The van der Waals surface area contributed by atoms with Crippen molar-refractivity contribution in [3.63, 3.8) is 0 Å². The average Bonchev–Trinajstić information content (AvgIpc) is 2.78. The predicted molar refractivity (Wildman–Crippen MR) is 78.3 cm³/mol. The second-order valence-corrected chi connectivity index (χ2v) is 5.66. The van der Waals surface area contributed by atoms with Crippen molar-refractivity contribution in [2.75, 3.05) is 7.05 Å². The lowest BCUT2D eigenvalue weighted by atomic mass is 10.2. The van der Waals surface area contributed by atoms with Crippen molar-refractivity contribution >= 4 is 11.3 Å². The Hall–Kier alpha value is -1.32. The third-order valence-electron chi connectivity index (χ3n) is 2.52. The van der Waals surface area contributed by atoms with Crippen molar-refractivity contribution in [3.8, 4) is 16.2 Å². The highest BCUT2D eigenvalue weighted by Crippen LogP contribution is 2.29. The minimum Gasteiger partial charge on any atom is -0.491 e. The van der Waals surface area contributed by atoms with Crippen LogP contribution in [-0.4, -0.2) is 13.2 Å². The van der Waals surface area contributed by atoms with Crippen LogP contribution in [0.2, 0.25) is 0 Å². The molecular formula is C15H19NOS. The molecule has 2 rings (SSSR count). The van der Waals surface area contributed by atoms with Gasteiger partial charge in [-0.1, -0.05) is 0 Å². The van der Waals surface area contributed by atoms with Crippen LogP contribution in [0.25, 0.3) is 10.4 Å². The molecule has 0 saturated carbocycles. The molecule has 0 radical (unpaired) electrons. The third kappa shape index (κ3) is 3.34. The number of rotatable bonds is 5. The smallest absolute Gasteiger partial charge is 0.119 e. The van der Waals surface area contributed by atoms with Gasteiger partial charge in [-0.3, -0.25) is 0 Å². The zero-order valence-corrected chi connectivity index (χ0v) is 11.9. The van der Waals surface area contributed by atoms with E-state index in [0.29, 0.717) is 0 Å². The zero-order chi connectivity index (χ0) is 13.0. The monoisotopic (exact) mass is 261 g/mol. The first kappa shape index (κ1) is 13.1. The standard InChI is InChI=1S/C15H19NOS/c1-11(2)17-13-6-4-12(5-7-13)15-9-8-14(18-15)10-16-3/h4-9,11,16H,10H2,1-3H3. The van der Waals surface area contributed by atoms with E-state index in [2.05, 4.69) is 29.6 Å². The summed E-state index contributed by atoms with van der Waals surface area (Å²) < 4.78 is 5.64. The lowest BCUT2D eigenvalue weighted by molar-refractivity contribution is 0.242. The summed E-state index contributed by atoms with van der Waals surface area (Å²) in [6.45, 7) is 5.01. The highest BCUT2D eigenvalue weighted by molar-refractivity contribution is 7.15. The van der Waals surface area contributed by atoms with Gasteiger partial charge in [-0.2, -0.15) is 0 Å². The van der Waals surface area contributed by atoms with Gasteiger partial charge in [-0.05, 0) is 62.9 Å². The maximum Gasteiger partial charge on any atom is 0.119 e. The third-order valence-corrected chi connectivity index (χ3v) is 3.66. The largest absolute Gasteiger partial charge is 0.491 e. The van der Waals surface area contributed by atoms with E-state index in [1.807, 2.05) is 44.4 Å². The van der Waals surface area contributed by atoms with Gasteiger partial charge in [0, 0.05) is 16.3 Å². The van der Waals surface area contributed by atoms with E-state index in [-0.39, 0.29) is 6.10 Å². The summed E-state index contributed by atoms with van der Waals surface area (Å²) in [5, 5.41) is 3.17. The number of thiophene rings is 1. The predicted octanol–water partition coefficient (Wildman–Crippen LogP) is 3.92. The molecule has 1 heterocycles. The van der Waals surface area contributed by atoms with Crippen LogP contribution in [0.3, 0.4) is 0 Å². The number of ether oxygens (including phenoxy) is 1. The van der Waals surface area contributed by atoms with Gasteiger partial charge >= 0.3 is 0 Å². The molecule has 0 amide bonds. The van der Waals surface area contributed by atoms with Crippen LogP contribution in [0.4, 0.5) is 0 Å². The van der Waals surface area contributed by atoms with E-state index in [1.165, 1.54) is 15.3 Å². The van der Waals surface area contributed by atoms with Crippen molar-refractivity contribution < 1.29 is 4.74 Å². The van der Waals surface area contributed by atoms with Crippen LogP contribution in [0.5, 0.6) is 5.75 Å². The number of nitrogens with one attached hydrogen (secondary N) is 1. The van der Waals surface area contributed by atoms with Crippen LogP contribution in [0.15, 0.2) is 36.4 Å². The first-order valence-electron chi connectivity index (χ1n) is 6.19. The Labute approximate surface area is 113 Å². The number of hydrogen-bond acceptors (Lipinski definition) is 3. The summed E-state index contributed by atoms with van der Waals surface area (Å²) in [7, 11) is 1.97. The second kappa shape index (κ2) is 6.03. The van der Waals surface area contributed by atoms with Crippen molar-refractivity contribution in [1.82, 2.24) is 5.32 Å². The fraction of sp³-hybridized carbons (Fsp3) is 0.333. The molecule has 0 aliphatic carbocycles. The first-order chi connectivity index (χ1) is 8.69. The SMILES string of the molecule is CNCc1ccc(-c2ccc(OC(C)C)cc2)s1. The molecule has 1 aromatic heterocycles. The maximum absolute atomic E-state index is 5.64. The Kier molecular flexibility index (Phi) is 4.39. The molecule has 0 saturated heterocycles. The van der Waals surface area contributed by atoms with Gasteiger partial charge in [-0.25, -0.2) is 0 Å². The molecule has 0 aliphatic rings. The first-order valence-corrected chi connectivity index (χ1v) is 7.01. The highest BCUT2D eigenvalue weighted by Gasteiger charge is 2.03. The van der Waals surface area contributed by atoms with Crippen molar-refractivity contribution in [3.05, 3.63) is 41.3 Å². The summed E-state index contributed by atoms with van der Waals surface area (Å²) in [6, 6.07) is 12.7. The van der Waals surface area contributed by atoms with Gasteiger partial charge in [-0.15, -0.1) is 11.3 Å². The van der Waals surface area contributed by atoms with Crippen molar-refractivity contribution in [1.29, 1.82) is 0 Å². The van der Waals surface area contributed by atoms with Crippen LogP contribution < -0.4 is 10.1 Å². The topological polar surface area (TPSA) is 21.3 Å². The normalized spacial score (nSPS) is 10.9. The van der Waals surface area contributed by atoms with Crippen LogP contribution in [0.1, 0.15) is 18.7 Å². The van der Waals surface area contributed by atoms with Gasteiger partial charge in [0.1, 0.15) is 5.75 Å². The molecule has 0 fully saturated rings. The lowest BCUT2D eigenvalue weighted by Gasteiger charge is -2.09. The number of hydrogen-bond donors (Lipinski definition) is 1. The van der Waals surface area contributed by atoms with Gasteiger partial charge in [0.15, 0.2) is 0 Å². The molecule has 18 heavy (non-hydrogen) atoms. The van der Waals surface area contributed by atoms with Crippen LogP contribution >= 0.6 is 11.3 Å². The van der Waals surface area contributed by atoms with E-state index in [4.69, 9.17) is 4.74 Å². The van der Waals surface area contributed by atoms with Gasteiger partial charge in [0.05, 0.1) is 6.10 Å². The Morgan fingerprint density at radius 2 is 1.83 bits per heavy atom. The summed E-state index contributed by atoms with van der Waals surface area (Å²) in [5.41, 5.74) is 1.25. The molecule has 3 heteroatoms. The summed E-state index contributed by atoms with van der Waals surface area (Å²) in [5.74, 6) is 0.931. The molecule has 0 unspecified atom stereocenters. The van der Waals surface area contributed by atoms with E-state index >= 15 is 0 Å². The molecule has 1 aromatic carbocycles. The molecule has 0 aliphatic heterocycles. The lowest BCUT2D eigenvalue weighted by Crippen LogP contribution is -2.04. The van der Waals surface area contributed by atoms with Gasteiger partial charge < -0.3 is 10.1 Å². The molecule has 0 atom stereocenters. The maximum atomic E-state index is 5.64. The number of benzene rings is 1. The van der Waals surface area contributed by atoms with E-state index in [0.717, 1.165) is 12.3 Å². The minimum absolute atomic E-state index is 0.222. The molecule has 1 N–H and O–H groups in total. The fourth-order valence-corrected chi connectivity index (χ4v) is 2.80. The van der Waals surface area contributed by atoms with Crippen molar-refractivity contribution in [2.24, 2.45) is 0 Å². The van der Waals surface area contributed by atoms with Gasteiger partial charge in [0.25, 0.3) is 0 Å². The van der Waals surface area contributed by atoms with Gasteiger partial charge in [0.2, 0.25) is 0 Å². The van der Waals surface area contributed by atoms with E-state index in [1.54, 1.807) is 0 Å². The summed E-state index contributed by atoms with van der Waals surface area (Å²) in [4.78, 5) is 2.66. The highest BCUT2D eigenvalue weighted by atomic mass is 32.1.